The van der Waals surface area contributed by atoms with Crippen LogP contribution >= 0.6 is 7.80 Å². The molecule has 2 aromatic carbocycles. The van der Waals surface area contributed by atoms with Gasteiger partial charge in [-0.1, -0.05) is 28.8 Å². The molecule has 2 heterocycles. The predicted octanol–water partition coefficient (Wildman–Crippen LogP) is -0.502. The molecule has 288 valence electrons. The molecule has 1 atom stereocenters. The Morgan fingerprint density at radius 3 is 1.56 bits per heavy atom. The standard InChI is InChI=1S/C17H19NO3.C13H13NO2.C6H12O3P.CH2O3.2K.O2.H/c1-3-21-17(19)11-8-15-5-4-12-18(15)13-14-6-9-16(20-2)10-7-14;1-16-13-6-4-11(5-7-13)9-14-8-2-3-12(14)10-15;1-3-9-6(7)5-10(8)4-2;2-1-4-3;;;1-2;/h4-12H,3,13H2,1-2H3;2-8,10H,9H2,1H3;3-5H2,1-2H3;1,3H;;;;/q;;+1;;2*+1;;-1/p-1/b11-8+;;;;;;;. The van der Waals surface area contributed by atoms with Gasteiger partial charge in [-0.05, 0) is 86.5 Å². The van der Waals surface area contributed by atoms with E-state index >= 15 is 0 Å². The Morgan fingerprint density at radius 1 is 0.745 bits per heavy atom. The molecule has 0 saturated heterocycles. The Morgan fingerprint density at radius 2 is 1.18 bits per heavy atom. The number of hydrogen-bond donors (Lipinski definition) is 0. The van der Waals surface area contributed by atoms with Crippen molar-refractivity contribution in [2.75, 3.05) is 39.8 Å². The Kier molecular flexibility index (Phi) is 38.1. The molecule has 0 aliphatic rings. The molecule has 0 aliphatic carbocycles. The minimum Gasteiger partial charge on any atom is -1.00 e. The Labute approximate surface area is 408 Å². The SMILES string of the molecule is CCOC(=O)/C=C/c1cccn1Cc1ccc(OC)cc1.CCOC(=O)C[P+](=O)CC.COc1ccc(Cn2cccc2C=O)cc1.O=CO[O-].O=O.[H-].[K+].[K+]. The number of aromatic nitrogens is 2. The van der Waals surface area contributed by atoms with E-state index in [9.17, 15) is 18.9 Å². The molecule has 1 unspecified atom stereocenters. The van der Waals surface area contributed by atoms with E-state index in [2.05, 4.69) is 14.2 Å². The van der Waals surface area contributed by atoms with Crippen LogP contribution in [0.1, 0.15) is 49.5 Å². The number of ether oxygens (including phenoxy) is 4. The molecule has 0 radical (unpaired) electrons. The molecule has 0 N–H and O–H groups in total. The minimum absolute atomic E-state index is 0. The van der Waals surface area contributed by atoms with Gasteiger partial charge in [-0.25, -0.2) is 9.59 Å². The first kappa shape index (κ1) is 56.7. The molecular formula is C37H46K2N2O13P+. The van der Waals surface area contributed by atoms with Gasteiger partial charge in [0.15, 0.2) is 6.29 Å². The first-order valence-corrected chi connectivity index (χ1v) is 17.6. The van der Waals surface area contributed by atoms with Gasteiger partial charge in [0.1, 0.15) is 17.7 Å². The summed E-state index contributed by atoms with van der Waals surface area (Å²) in [5.41, 5.74) is 3.95. The average Bonchev–Trinajstić information content (AvgIpc) is 3.84. The van der Waals surface area contributed by atoms with E-state index in [0.29, 0.717) is 31.6 Å². The second kappa shape index (κ2) is 37.0. The Bertz CT molecular complexity index is 1670. The van der Waals surface area contributed by atoms with E-state index in [1.165, 1.54) is 6.08 Å². The summed E-state index contributed by atoms with van der Waals surface area (Å²) in [6.45, 7) is 7.32. The molecule has 55 heavy (non-hydrogen) atoms. The van der Waals surface area contributed by atoms with Gasteiger partial charge in [-0.2, -0.15) is 0 Å². The zero-order valence-electron chi connectivity index (χ0n) is 33.3. The van der Waals surface area contributed by atoms with Crippen molar-refractivity contribution in [3.63, 3.8) is 0 Å². The molecule has 2 aromatic heterocycles. The summed E-state index contributed by atoms with van der Waals surface area (Å²) in [6, 6.07) is 23.3. The Balaban J connectivity index is -0.000000345. The van der Waals surface area contributed by atoms with Crippen LogP contribution < -0.4 is 118 Å². The van der Waals surface area contributed by atoms with Gasteiger partial charge in [0.25, 0.3) is 6.47 Å². The summed E-state index contributed by atoms with van der Waals surface area (Å²) in [6.07, 6.45) is 8.57. The fourth-order valence-electron chi connectivity index (χ4n) is 4.06. The van der Waals surface area contributed by atoms with Crippen LogP contribution in [0.25, 0.3) is 6.08 Å². The molecule has 15 nitrogen and oxygen atoms in total. The van der Waals surface area contributed by atoms with Crippen molar-refractivity contribution >= 4 is 38.6 Å². The van der Waals surface area contributed by atoms with Gasteiger partial charge >= 0.3 is 123 Å². The summed E-state index contributed by atoms with van der Waals surface area (Å²) in [7, 11) is 1.94. The largest absolute Gasteiger partial charge is 1.00 e. The third-order valence-electron chi connectivity index (χ3n) is 6.55. The van der Waals surface area contributed by atoms with E-state index in [1.807, 2.05) is 83.7 Å². The van der Waals surface area contributed by atoms with E-state index in [4.69, 9.17) is 34.2 Å². The maximum absolute atomic E-state index is 11.3. The third-order valence-corrected chi connectivity index (χ3v) is 7.87. The maximum Gasteiger partial charge on any atom is 1.00 e. The van der Waals surface area contributed by atoms with Crippen LogP contribution in [0.15, 0.2) is 91.3 Å². The number of methoxy groups -OCH3 is 2. The minimum atomic E-state index is -1.35. The second-order valence-electron chi connectivity index (χ2n) is 9.97. The Hall–Kier alpha value is -2.65. The predicted molar refractivity (Wildman–Crippen MR) is 199 cm³/mol. The molecular weight excluding hydrogens is 790 g/mol. The second-order valence-corrected chi connectivity index (χ2v) is 11.9. The average molecular weight is 836 g/mol. The number of aldehydes is 1. The number of nitrogens with zero attached hydrogens (tertiary/aromatic N) is 2. The molecule has 0 aliphatic heterocycles. The number of rotatable bonds is 15. The normalized spacial score (nSPS) is 9.45. The van der Waals surface area contributed by atoms with Crippen molar-refractivity contribution in [3.05, 3.63) is 124 Å². The van der Waals surface area contributed by atoms with Gasteiger partial charge in [-0.15, -0.1) is 0 Å². The zero-order valence-corrected chi connectivity index (χ0v) is 39.4. The van der Waals surface area contributed by atoms with Crippen LogP contribution in [-0.4, -0.2) is 73.6 Å². The number of esters is 2. The molecule has 0 spiro atoms. The van der Waals surface area contributed by atoms with Crippen LogP contribution in [0.2, 0.25) is 0 Å². The molecule has 0 fully saturated rings. The van der Waals surface area contributed by atoms with Crippen molar-refractivity contribution in [2.45, 2.75) is 33.9 Å². The monoisotopic (exact) mass is 835 g/mol. The van der Waals surface area contributed by atoms with Crippen molar-refractivity contribution in [3.8, 4) is 11.5 Å². The molecule has 4 aromatic rings. The topological polar surface area (TPSA) is 199 Å². The fraction of sp³-hybridized carbons (Fsp3) is 0.297. The zero-order chi connectivity index (χ0) is 39.9. The van der Waals surface area contributed by atoms with Crippen molar-refractivity contribution in [2.24, 2.45) is 0 Å². The van der Waals surface area contributed by atoms with E-state index in [1.54, 1.807) is 47.1 Å². The van der Waals surface area contributed by atoms with Crippen LogP contribution in [0.5, 0.6) is 11.5 Å². The third kappa shape index (κ3) is 26.0. The number of benzene rings is 2. The first-order chi connectivity index (χ1) is 25.7. The first-order valence-electron chi connectivity index (χ1n) is 16.0. The number of carbonyl (C=O) groups is 4. The smallest absolute Gasteiger partial charge is 1.00 e. The molecule has 18 heteroatoms. The molecule has 0 saturated carbocycles. The van der Waals surface area contributed by atoms with Crippen molar-refractivity contribution in [1.29, 1.82) is 0 Å². The van der Waals surface area contributed by atoms with Gasteiger partial charge in [0.05, 0.1) is 33.1 Å². The molecule has 0 amide bonds. The van der Waals surface area contributed by atoms with E-state index < -0.39 is 7.80 Å². The quantitative estimate of drug-likeness (QED) is 0.0283. The number of hydrogen-bond acceptors (Lipinski definition) is 13. The van der Waals surface area contributed by atoms with Gasteiger partial charge < -0.3 is 39.7 Å². The van der Waals surface area contributed by atoms with Crippen LogP contribution in [0, 0.1) is 9.93 Å². The van der Waals surface area contributed by atoms with Crippen molar-refractivity contribution < 1.29 is 157 Å². The summed E-state index contributed by atoms with van der Waals surface area (Å²) >= 11 is 0. The van der Waals surface area contributed by atoms with Gasteiger partial charge in [-0.3, -0.25) is 9.59 Å². The summed E-state index contributed by atoms with van der Waals surface area (Å²) in [5, 5.41) is 8.43. The number of carbonyl (C=O) groups excluding carboxylic acids is 4. The van der Waals surface area contributed by atoms with Crippen molar-refractivity contribution in [1.82, 2.24) is 9.13 Å². The van der Waals surface area contributed by atoms with E-state index in [0.717, 1.165) is 41.2 Å². The fourth-order valence-corrected chi connectivity index (χ4v) is 4.67. The van der Waals surface area contributed by atoms with Gasteiger partial charge in [0, 0.05) is 47.2 Å². The summed E-state index contributed by atoms with van der Waals surface area (Å²) in [5.74, 6) is 1.00. The maximum atomic E-state index is 11.3. The summed E-state index contributed by atoms with van der Waals surface area (Å²) < 4.78 is 34.4. The van der Waals surface area contributed by atoms with Crippen LogP contribution in [-0.2, 0) is 46.4 Å². The van der Waals surface area contributed by atoms with E-state index in [-0.39, 0.29) is 129 Å². The summed E-state index contributed by atoms with van der Waals surface area (Å²) in [4.78, 5) is 57.9. The van der Waals surface area contributed by atoms with Crippen LogP contribution in [0.3, 0.4) is 0 Å². The van der Waals surface area contributed by atoms with Crippen LogP contribution in [0.4, 0.5) is 0 Å². The molecule has 0 bridgehead atoms. The van der Waals surface area contributed by atoms with Gasteiger partial charge in [0.2, 0.25) is 6.16 Å². The molecule has 4 rings (SSSR count).